The molecule has 0 spiro atoms. The molecule has 0 aliphatic carbocycles. The van der Waals surface area contributed by atoms with Crippen LogP contribution < -0.4 is 10.5 Å². The summed E-state index contributed by atoms with van der Waals surface area (Å²) in [4.78, 5) is 4.75. The smallest absolute Gasteiger partial charge is 0.119 e. The highest BCUT2D eigenvalue weighted by atomic mass is 32.1. The number of pyridine rings is 1. The lowest BCUT2D eigenvalue weighted by Crippen LogP contribution is -2.10. The van der Waals surface area contributed by atoms with Crippen molar-refractivity contribution in [3.05, 3.63) is 59.9 Å². The van der Waals surface area contributed by atoms with E-state index in [4.69, 9.17) is 22.7 Å². The lowest BCUT2D eigenvalue weighted by molar-refractivity contribution is 0.320. The van der Waals surface area contributed by atoms with Gasteiger partial charge in [0, 0.05) is 24.7 Å². The largest absolute Gasteiger partial charge is 0.493 e. The molecule has 1 aromatic carbocycles. The molecule has 0 bridgehead atoms. The van der Waals surface area contributed by atoms with Crippen LogP contribution in [0.2, 0.25) is 0 Å². The first-order valence-corrected chi connectivity index (χ1v) is 6.55. The fourth-order valence-electron chi connectivity index (χ4n) is 1.72. The van der Waals surface area contributed by atoms with Crippen LogP contribution in [0.5, 0.6) is 5.75 Å². The molecule has 19 heavy (non-hydrogen) atoms. The molecule has 1 heterocycles. The van der Waals surface area contributed by atoms with E-state index in [1.165, 1.54) is 0 Å². The maximum atomic E-state index is 5.67. The first-order valence-electron chi connectivity index (χ1n) is 6.14. The van der Waals surface area contributed by atoms with E-state index in [1.807, 2.05) is 42.5 Å². The average molecular weight is 272 g/mol. The Morgan fingerprint density at radius 2 is 1.95 bits per heavy atom. The monoisotopic (exact) mass is 272 g/mol. The summed E-state index contributed by atoms with van der Waals surface area (Å²) in [5, 5.41) is 0. The van der Waals surface area contributed by atoms with Crippen LogP contribution in [-0.2, 0) is 12.8 Å². The fourth-order valence-corrected chi connectivity index (χ4v) is 1.89. The highest BCUT2D eigenvalue weighted by molar-refractivity contribution is 7.80. The second-order valence-corrected chi connectivity index (χ2v) is 4.73. The summed E-state index contributed by atoms with van der Waals surface area (Å²) < 4.78 is 5.67. The third-order valence-corrected chi connectivity index (χ3v) is 2.80. The molecule has 2 rings (SSSR count). The molecule has 3 nitrogen and oxygen atoms in total. The number of nitrogens with two attached hydrogens (primary N) is 1. The van der Waals surface area contributed by atoms with Gasteiger partial charge < -0.3 is 10.5 Å². The molecule has 2 aromatic rings. The third kappa shape index (κ3) is 4.67. The topological polar surface area (TPSA) is 48.1 Å². The van der Waals surface area contributed by atoms with E-state index in [1.54, 1.807) is 6.20 Å². The zero-order valence-corrected chi connectivity index (χ0v) is 11.4. The van der Waals surface area contributed by atoms with E-state index >= 15 is 0 Å². The van der Waals surface area contributed by atoms with Crippen molar-refractivity contribution in [1.82, 2.24) is 4.98 Å². The number of thiocarbonyl (C=S) groups is 1. The van der Waals surface area contributed by atoms with Gasteiger partial charge in [-0.05, 0) is 29.8 Å². The van der Waals surface area contributed by atoms with Crippen molar-refractivity contribution < 1.29 is 4.74 Å². The van der Waals surface area contributed by atoms with Gasteiger partial charge in [-0.1, -0.05) is 30.4 Å². The number of rotatable bonds is 6. The van der Waals surface area contributed by atoms with Crippen LogP contribution >= 0.6 is 12.2 Å². The molecular weight excluding hydrogens is 256 g/mol. The molecular formula is C15H16N2OS. The van der Waals surface area contributed by atoms with E-state index in [0.29, 0.717) is 18.0 Å². The van der Waals surface area contributed by atoms with Gasteiger partial charge in [0.1, 0.15) is 5.75 Å². The zero-order valence-electron chi connectivity index (χ0n) is 10.6. The van der Waals surface area contributed by atoms with Gasteiger partial charge in [0.2, 0.25) is 0 Å². The lowest BCUT2D eigenvalue weighted by atomic mass is 10.1. The number of ether oxygens (including phenoxy) is 1. The summed E-state index contributed by atoms with van der Waals surface area (Å²) in [6.07, 6.45) is 3.22. The van der Waals surface area contributed by atoms with Gasteiger partial charge in [0.15, 0.2) is 0 Å². The zero-order chi connectivity index (χ0) is 13.5. The number of aromatic nitrogens is 1. The van der Waals surface area contributed by atoms with E-state index in [0.717, 1.165) is 23.4 Å². The van der Waals surface area contributed by atoms with Crippen LogP contribution in [0.15, 0.2) is 48.7 Å². The fraction of sp³-hybridized carbons (Fsp3) is 0.200. The summed E-state index contributed by atoms with van der Waals surface area (Å²) in [6, 6.07) is 13.7. The minimum atomic E-state index is 0.504. The molecule has 2 N–H and O–H groups in total. The summed E-state index contributed by atoms with van der Waals surface area (Å²) in [5.74, 6) is 0.850. The highest BCUT2D eigenvalue weighted by Crippen LogP contribution is 2.13. The molecule has 1 aromatic heterocycles. The van der Waals surface area contributed by atoms with Crippen molar-refractivity contribution in [3.8, 4) is 5.75 Å². The standard InChI is InChI=1S/C15H16N2OS/c16-15(19)11-12-4-6-14(7-5-12)18-10-8-13-3-1-2-9-17-13/h1-7,9H,8,10-11H2,(H2,16,19). The number of nitrogens with zero attached hydrogens (tertiary/aromatic N) is 1. The molecule has 0 amide bonds. The molecule has 0 aliphatic heterocycles. The SMILES string of the molecule is NC(=S)Cc1ccc(OCCc2ccccn2)cc1. The third-order valence-electron chi connectivity index (χ3n) is 2.65. The molecule has 0 radical (unpaired) electrons. The Kier molecular flexibility index (Phi) is 4.86. The van der Waals surface area contributed by atoms with Gasteiger partial charge in [-0.3, -0.25) is 4.98 Å². The van der Waals surface area contributed by atoms with Crippen LogP contribution in [-0.4, -0.2) is 16.6 Å². The average Bonchev–Trinajstić information content (AvgIpc) is 2.41. The first kappa shape index (κ1) is 13.5. The van der Waals surface area contributed by atoms with Crippen LogP contribution in [0.4, 0.5) is 0 Å². The van der Waals surface area contributed by atoms with Crippen LogP contribution in [0.1, 0.15) is 11.3 Å². The summed E-state index contributed by atoms with van der Waals surface area (Å²) in [6.45, 7) is 0.617. The predicted octanol–water partition coefficient (Wildman–Crippen LogP) is 2.53. The normalized spacial score (nSPS) is 10.1. The maximum absolute atomic E-state index is 5.67. The Labute approximate surface area is 118 Å². The summed E-state index contributed by atoms with van der Waals surface area (Å²) in [7, 11) is 0. The van der Waals surface area contributed by atoms with Gasteiger partial charge in [-0.2, -0.15) is 0 Å². The van der Waals surface area contributed by atoms with Crippen LogP contribution in [0, 0.1) is 0 Å². The number of hydrogen-bond acceptors (Lipinski definition) is 3. The molecule has 0 atom stereocenters. The molecule has 0 aliphatic rings. The number of benzene rings is 1. The quantitative estimate of drug-likeness (QED) is 0.821. The Morgan fingerprint density at radius 3 is 2.58 bits per heavy atom. The van der Waals surface area contributed by atoms with Gasteiger partial charge >= 0.3 is 0 Å². The Bertz CT molecular complexity index is 526. The minimum absolute atomic E-state index is 0.504. The Balaban J connectivity index is 1.81. The van der Waals surface area contributed by atoms with E-state index in [-0.39, 0.29) is 0 Å². The first-order chi connectivity index (χ1) is 9.24. The maximum Gasteiger partial charge on any atom is 0.119 e. The van der Waals surface area contributed by atoms with Gasteiger partial charge in [-0.15, -0.1) is 0 Å². The Morgan fingerprint density at radius 1 is 1.16 bits per heavy atom. The van der Waals surface area contributed by atoms with Crippen molar-refractivity contribution in [2.24, 2.45) is 5.73 Å². The van der Waals surface area contributed by atoms with Crippen LogP contribution in [0.25, 0.3) is 0 Å². The van der Waals surface area contributed by atoms with Crippen molar-refractivity contribution in [3.63, 3.8) is 0 Å². The molecule has 0 saturated carbocycles. The second-order valence-electron chi connectivity index (χ2n) is 4.21. The van der Waals surface area contributed by atoms with Crippen LogP contribution in [0.3, 0.4) is 0 Å². The lowest BCUT2D eigenvalue weighted by Gasteiger charge is -2.07. The molecule has 0 saturated heterocycles. The Hall–Kier alpha value is -1.94. The van der Waals surface area contributed by atoms with Gasteiger partial charge in [-0.25, -0.2) is 0 Å². The summed E-state index contributed by atoms with van der Waals surface area (Å²) in [5.41, 5.74) is 7.64. The molecule has 0 fully saturated rings. The summed E-state index contributed by atoms with van der Waals surface area (Å²) >= 11 is 4.87. The van der Waals surface area contributed by atoms with Crippen molar-refractivity contribution in [2.75, 3.05) is 6.61 Å². The minimum Gasteiger partial charge on any atom is -0.493 e. The molecule has 98 valence electrons. The molecule has 0 unspecified atom stereocenters. The second kappa shape index (κ2) is 6.85. The van der Waals surface area contributed by atoms with Crippen molar-refractivity contribution >= 4 is 17.2 Å². The highest BCUT2D eigenvalue weighted by Gasteiger charge is 1.98. The van der Waals surface area contributed by atoms with E-state index in [2.05, 4.69) is 4.98 Å². The predicted molar refractivity (Wildman–Crippen MR) is 80.4 cm³/mol. The van der Waals surface area contributed by atoms with Gasteiger partial charge in [0.25, 0.3) is 0 Å². The molecule has 4 heteroatoms. The van der Waals surface area contributed by atoms with E-state index in [9.17, 15) is 0 Å². The van der Waals surface area contributed by atoms with Gasteiger partial charge in [0.05, 0.1) is 11.6 Å². The van der Waals surface area contributed by atoms with Crippen molar-refractivity contribution in [1.29, 1.82) is 0 Å². The number of hydrogen-bond donors (Lipinski definition) is 1. The van der Waals surface area contributed by atoms with Crippen molar-refractivity contribution in [2.45, 2.75) is 12.8 Å². The van der Waals surface area contributed by atoms with E-state index < -0.39 is 0 Å².